The third-order valence-electron chi connectivity index (χ3n) is 13.7. The number of carbonyl (C=O) groups excluding carboxylic acids is 3. The summed E-state index contributed by atoms with van der Waals surface area (Å²) in [5, 5.41) is 20.6. The Kier molecular flexibility index (Phi) is 63.7. The molecular weight excluding hydrogens is 1220 g/mol. The summed E-state index contributed by atoms with van der Waals surface area (Å²) < 4.78 is 60.8. The van der Waals surface area contributed by atoms with Crippen LogP contribution in [-0.4, -0.2) is 95.9 Å². The Morgan fingerprint density at radius 1 is 0.312 bits per heavy atom. The van der Waals surface area contributed by atoms with E-state index >= 15 is 0 Å². The number of esters is 3. The van der Waals surface area contributed by atoms with Crippen LogP contribution in [0.4, 0.5) is 0 Å². The molecule has 528 valence electrons. The van der Waals surface area contributed by atoms with Crippen molar-refractivity contribution in [2.45, 2.75) is 257 Å². The summed E-state index contributed by atoms with van der Waals surface area (Å²) in [6, 6.07) is 0. The minimum atomic E-state index is -4.95. The van der Waals surface area contributed by atoms with Gasteiger partial charge in [-0.05, 0) is 135 Å². The monoisotopic (exact) mass is 1340 g/mol. The van der Waals surface area contributed by atoms with Crippen LogP contribution >= 0.6 is 15.6 Å². The summed E-state index contributed by atoms with van der Waals surface area (Å²) in [7, 11) is -9.82. The Balaban J connectivity index is 4.79. The predicted octanol–water partition coefficient (Wildman–Crippen LogP) is 19.5. The van der Waals surface area contributed by atoms with E-state index in [4.69, 9.17) is 32.3 Å². The van der Waals surface area contributed by atoms with Gasteiger partial charge in [-0.15, -0.1) is 0 Å². The molecule has 0 bridgehead atoms. The molecule has 0 saturated heterocycles. The molecule has 0 heterocycles. The van der Waals surface area contributed by atoms with E-state index in [2.05, 4.69) is 161 Å². The molecule has 16 nitrogen and oxygen atoms in total. The molecule has 0 aromatic carbocycles. The van der Waals surface area contributed by atoms with Gasteiger partial charge in [0.1, 0.15) is 25.4 Å². The third kappa shape index (κ3) is 68.4. The molecule has 0 spiro atoms. The van der Waals surface area contributed by atoms with E-state index in [0.717, 1.165) is 148 Å². The third-order valence-corrected chi connectivity index (χ3v) is 15.6. The summed E-state index contributed by atoms with van der Waals surface area (Å²) in [4.78, 5) is 58.4. The highest BCUT2D eigenvalue weighted by atomic mass is 31.2. The van der Waals surface area contributed by atoms with Gasteiger partial charge in [0, 0.05) is 19.3 Å². The number of phosphoric acid groups is 2. The van der Waals surface area contributed by atoms with Crippen LogP contribution in [0.5, 0.6) is 0 Å². The summed E-state index contributed by atoms with van der Waals surface area (Å²) in [5.74, 6) is -1.71. The van der Waals surface area contributed by atoms with Gasteiger partial charge < -0.3 is 34.2 Å². The summed E-state index contributed by atoms with van der Waals surface area (Å²) >= 11 is 0. The van der Waals surface area contributed by atoms with E-state index in [9.17, 15) is 43.5 Å². The maximum Gasteiger partial charge on any atom is 0.472 e. The van der Waals surface area contributed by atoms with Crippen LogP contribution in [-0.2, 0) is 55.8 Å². The van der Waals surface area contributed by atoms with E-state index in [0.29, 0.717) is 25.7 Å². The summed E-state index contributed by atoms with van der Waals surface area (Å²) in [6.45, 7) is 2.27. The molecule has 0 aromatic heterocycles. The molecule has 0 aliphatic rings. The van der Waals surface area contributed by atoms with Crippen molar-refractivity contribution in [2.75, 3.05) is 39.6 Å². The van der Waals surface area contributed by atoms with Crippen LogP contribution in [0.2, 0.25) is 0 Å². The van der Waals surface area contributed by atoms with Crippen LogP contribution in [0.25, 0.3) is 0 Å². The second kappa shape index (κ2) is 67.2. The number of rotatable bonds is 64. The molecule has 4 N–H and O–H groups in total. The lowest BCUT2D eigenvalue weighted by Crippen LogP contribution is -2.30. The lowest BCUT2D eigenvalue weighted by Gasteiger charge is -2.21. The van der Waals surface area contributed by atoms with Crippen LogP contribution in [0, 0.1) is 0 Å². The molecule has 0 amide bonds. The quantitative estimate of drug-likeness (QED) is 0.0146. The zero-order valence-corrected chi connectivity index (χ0v) is 58.9. The molecule has 0 aromatic rings. The first-order valence-electron chi connectivity index (χ1n) is 34.8. The van der Waals surface area contributed by atoms with Gasteiger partial charge in [0.2, 0.25) is 0 Å². The standard InChI is InChI=1S/C75H122O16P2/c1-4-7-10-13-16-19-22-25-28-31-33-34-36-39-40-43-46-49-52-55-58-61-73(78)85-64-70(76)65-87-92(81,82)88-66-71(77)67-89-93(83,84)90-69-72(91-75(80)63-60-57-54-51-48-45-42-37-30-27-24-21-18-15-12-9-6-3)68-86-74(79)62-59-56-53-50-47-44-41-38-35-32-29-26-23-20-17-14-11-8-5-2/h8-9,11-12,16-21,25-30,33-35,38-40,44,47,53,56,70-72,76-77H,4-7,10,13-15,22-24,31-32,36-37,41-43,45-46,48-52,54-55,57-69H2,1-3H3,(H,81,82)(H,83,84)/b11-8-,12-9-,19-16-,20-17-,21-18-,28-25-,29-26-,30-27-,34-33-,38-35-,40-39-,47-44-,56-53-. The fourth-order valence-electron chi connectivity index (χ4n) is 8.47. The minimum absolute atomic E-state index is 0.0364. The topological polar surface area (TPSA) is 231 Å². The average Bonchev–Trinajstić information content (AvgIpc) is 3.70. The number of unbranched alkanes of at least 4 members (excludes halogenated alkanes) is 15. The Labute approximate surface area is 561 Å². The zero-order chi connectivity index (χ0) is 68.1. The molecule has 0 saturated carbocycles. The van der Waals surface area contributed by atoms with E-state index in [1.54, 1.807) is 0 Å². The van der Waals surface area contributed by atoms with E-state index in [1.807, 2.05) is 18.2 Å². The molecule has 18 heteroatoms. The second-order valence-electron chi connectivity index (χ2n) is 22.6. The highest BCUT2D eigenvalue weighted by Gasteiger charge is 2.29. The van der Waals surface area contributed by atoms with Crippen molar-refractivity contribution < 1.29 is 75.8 Å². The van der Waals surface area contributed by atoms with Crippen LogP contribution in [0.3, 0.4) is 0 Å². The van der Waals surface area contributed by atoms with Gasteiger partial charge in [0.05, 0.1) is 26.4 Å². The molecule has 93 heavy (non-hydrogen) atoms. The molecule has 0 fully saturated rings. The Hall–Kier alpha value is -4.83. The van der Waals surface area contributed by atoms with Crippen LogP contribution < -0.4 is 0 Å². The largest absolute Gasteiger partial charge is 0.472 e. The average molecular weight is 1340 g/mol. The second-order valence-corrected chi connectivity index (χ2v) is 25.5. The number of carbonyl (C=O) groups is 3. The Morgan fingerprint density at radius 2 is 0.591 bits per heavy atom. The molecule has 0 aliphatic heterocycles. The van der Waals surface area contributed by atoms with E-state index < -0.39 is 91.5 Å². The highest BCUT2D eigenvalue weighted by molar-refractivity contribution is 7.47. The number of ether oxygens (including phenoxy) is 3. The van der Waals surface area contributed by atoms with Crippen LogP contribution in [0.1, 0.15) is 239 Å². The molecule has 0 rings (SSSR count). The summed E-state index contributed by atoms with van der Waals surface area (Å²) in [6.07, 6.45) is 81.6. The lowest BCUT2D eigenvalue weighted by atomic mass is 10.1. The van der Waals surface area contributed by atoms with Gasteiger partial charge in [-0.1, -0.05) is 243 Å². The SMILES string of the molecule is CC/C=C\C/C=C\C/C=C\C/C=C\C/C=C\C/C=C\CCC(=O)OCC(COP(=O)(O)OCC(O)COP(=O)(O)OCC(O)COC(=O)CCCCCCC/C=C\C/C=C\C/C=C\C/C=C\CCCCC)OC(=O)CCCCCCCCC/C=C\C/C=C\C/C=C\CC. The number of aliphatic hydroxyl groups excluding tert-OH is 2. The predicted molar refractivity (Wildman–Crippen MR) is 380 cm³/mol. The van der Waals surface area contributed by atoms with Gasteiger partial charge in [-0.25, -0.2) is 9.13 Å². The van der Waals surface area contributed by atoms with Crippen molar-refractivity contribution in [3.05, 3.63) is 158 Å². The minimum Gasteiger partial charge on any atom is -0.463 e. The zero-order valence-electron chi connectivity index (χ0n) is 57.1. The number of aliphatic hydroxyl groups is 2. The highest BCUT2D eigenvalue weighted by Crippen LogP contribution is 2.45. The molecule has 5 unspecified atom stereocenters. The molecular formula is C75H122O16P2. The lowest BCUT2D eigenvalue weighted by molar-refractivity contribution is -0.161. The van der Waals surface area contributed by atoms with Gasteiger partial charge in [-0.2, -0.15) is 0 Å². The van der Waals surface area contributed by atoms with Crippen molar-refractivity contribution >= 4 is 33.6 Å². The van der Waals surface area contributed by atoms with Crippen molar-refractivity contribution in [1.82, 2.24) is 0 Å². The van der Waals surface area contributed by atoms with Crippen molar-refractivity contribution in [1.29, 1.82) is 0 Å². The number of hydrogen-bond acceptors (Lipinski definition) is 14. The van der Waals surface area contributed by atoms with Crippen molar-refractivity contribution in [3.8, 4) is 0 Å². The molecule has 0 radical (unpaired) electrons. The van der Waals surface area contributed by atoms with Gasteiger partial charge >= 0.3 is 33.6 Å². The first kappa shape index (κ1) is 88.2. The first-order chi connectivity index (χ1) is 45.2. The fourth-order valence-corrected chi connectivity index (χ4v) is 10.1. The molecule has 0 aliphatic carbocycles. The van der Waals surface area contributed by atoms with Gasteiger partial charge in [0.25, 0.3) is 0 Å². The maximum absolute atomic E-state index is 12.9. The normalized spacial score (nSPS) is 15.1. The van der Waals surface area contributed by atoms with Gasteiger partial charge in [0.15, 0.2) is 6.10 Å². The van der Waals surface area contributed by atoms with Gasteiger partial charge in [-0.3, -0.25) is 32.5 Å². The van der Waals surface area contributed by atoms with Crippen molar-refractivity contribution in [2.24, 2.45) is 0 Å². The first-order valence-corrected chi connectivity index (χ1v) is 37.8. The maximum atomic E-state index is 12.9. The van der Waals surface area contributed by atoms with E-state index in [1.165, 1.54) is 25.7 Å². The molecule has 5 atom stereocenters. The Bertz CT molecular complexity index is 2320. The number of phosphoric ester groups is 2. The fraction of sp³-hybridized carbons (Fsp3) is 0.613. The van der Waals surface area contributed by atoms with E-state index in [-0.39, 0.29) is 19.3 Å². The number of allylic oxidation sites excluding steroid dienone is 26. The van der Waals surface area contributed by atoms with Crippen molar-refractivity contribution in [3.63, 3.8) is 0 Å². The number of hydrogen-bond donors (Lipinski definition) is 4. The van der Waals surface area contributed by atoms with Crippen LogP contribution in [0.15, 0.2) is 158 Å². The Morgan fingerprint density at radius 3 is 0.968 bits per heavy atom. The summed E-state index contributed by atoms with van der Waals surface area (Å²) in [5.41, 5.74) is 0. The smallest absolute Gasteiger partial charge is 0.463 e.